The number of likely N-dealkylation sites (N-methyl/N-ethyl adjacent to an activating group) is 1. The lowest BCUT2D eigenvalue weighted by Gasteiger charge is -2.20. The summed E-state index contributed by atoms with van der Waals surface area (Å²) in [4.78, 5) is 16.3. The number of carbonyl (C=O) groups excluding carboxylic acids is 1. The zero-order valence-corrected chi connectivity index (χ0v) is 11.6. The van der Waals surface area contributed by atoms with Crippen LogP contribution in [0.1, 0.15) is 16.8 Å². The molecular formula is C13H20ClN3O. The molecule has 1 aromatic rings. The van der Waals surface area contributed by atoms with E-state index in [1.165, 1.54) is 0 Å². The van der Waals surface area contributed by atoms with Crippen molar-refractivity contribution in [1.82, 2.24) is 9.80 Å². The number of nitrogens with zero attached hydrogens (tertiary/aromatic N) is 2. The zero-order valence-electron chi connectivity index (χ0n) is 10.8. The highest BCUT2D eigenvalue weighted by molar-refractivity contribution is 5.99. The van der Waals surface area contributed by atoms with Gasteiger partial charge in [-0.15, -0.1) is 12.4 Å². The Labute approximate surface area is 114 Å². The minimum absolute atomic E-state index is 0. The first-order chi connectivity index (χ1) is 8.09. The fraction of sp³-hybridized carbons (Fsp3) is 0.462. The largest absolute Gasteiger partial charge is 0.398 e. The Morgan fingerprint density at radius 2 is 2.06 bits per heavy atom. The summed E-state index contributed by atoms with van der Waals surface area (Å²) in [7, 11) is 4.10. The summed E-state index contributed by atoms with van der Waals surface area (Å²) >= 11 is 0. The molecule has 1 heterocycles. The van der Waals surface area contributed by atoms with Crippen molar-refractivity contribution in [1.29, 1.82) is 0 Å². The highest BCUT2D eigenvalue weighted by atomic mass is 35.5. The average molecular weight is 270 g/mol. The van der Waals surface area contributed by atoms with E-state index in [9.17, 15) is 4.79 Å². The summed E-state index contributed by atoms with van der Waals surface area (Å²) in [6.07, 6.45) is 1.03. The Morgan fingerprint density at radius 3 is 2.61 bits per heavy atom. The molecule has 0 aliphatic carbocycles. The van der Waals surface area contributed by atoms with Crippen molar-refractivity contribution < 1.29 is 4.79 Å². The van der Waals surface area contributed by atoms with Crippen LogP contribution >= 0.6 is 12.4 Å². The topological polar surface area (TPSA) is 49.6 Å². The van der Waals surface area contributed by atoms with Crippen molar-refractivity contribution in [2.75, 3.05) is 32.9 Å². The van der Waals surface area contributed by atoms with Gasteiger partial charge < -0.3 is 15.5 Å². The first-order valence-electron chi connectivity index (χ1n) is 5.90. The molecule has 1 aliphatic heterocycles. The second-order valence-corrected chi connectivity index (χ2v) is 4.74. The van der Waals surface area contributed by atoms with Crippen LogP contribution in [0.2, 0.25) is 0 Å². The third-order valence-corrected chi connectivity index (χ3v) is 3.37. The second kappa shape index (κ2) is 6.07. The van der Waals surface area contributed by atoms with Crippen molar-refractivity contribution in [3.8, 4) is 0 Å². The number of halogens is 1. The molecule has 2 N–H and O–H groups in total. The van der Waals surface area contributed by atoms with Crippen molar-refractivity contribution >= 4 is 24.0 Å². The van der Waals surface area contributed by atoms with Crippen LogP contribution in [-0.4, -0.2) is 48.9 Å². The van der Waals surface area contributed by atoms with Crippen LogP contribution in [0.3, 0.4) is 0 Å². The van der Waals surface area contributed by atoms with Crippen LogP contribution in [0.4, 0.5) is 5.69 Å². The van der Waals surface area contributed by atoms with E-state index in [0.717, 1.165) is 19.5 Å². The molecule has 1 unspecified atom stereocenters. The van der Waals surface area contributed by atoms with Gasteiger partial charge in [-0.3, -0.25) is 4.79 Å². The highest BCUT2D eigenvalue weighted by Gasteiger charge is 2.28. The molecule has 1 amide bonds. The maximum absolute atomic E-state index is 12.3. The van der Waals surface area contributed by atoms with Crippen molar-refractivity contribution in [3.05, 3.63) is 29.8 Å². The smallest absolute Gasteiger partial charge is 0.255 e. The summed E-state index contributed by atoms with van der Waals surface area (Å²) in [5.74, 6) is 0.0486. The maximum atomic E-state index is 12.3. The van der Waals surface area contributed by atoms with Gasteiger partial charge in [0.25, 0.3) is 5.91 Å². The lowest BCUT2D eigenvalue weighted by molar-refractivity contribution is 0.0784. The number of anilines is 1. The monoisotopic (exact) mass is 269 g/mol. The lowest BCUT2D eigenvalue weighted by Crippen LogP contribution is -2.34. The average Bonchev–Trinajstić information content (AvgIpc) is 2.78. The molecule has 2 rings (SSSR count). The zero-order chi connectivity index (χ0) is 12.4. The number of hydrogen-bond acceptors (Lipinski definition) is 3. The van der Waals surface area contributed by atoms with E-state index in [1.807, 2.05) is 17.0 Å². The molecule has 100 valence electrons. The third kappa shape index (κ3) is 2.94. The Balaban J connectivity index is 0.00000162. The van der Waals surface area contributed by atoms with E-state index in [-0.39, 0.29) is 18.3 Å². The van der Waals surface area contributed by atoms with Crippen LogP contribution in [0, 0.1) is 0 Å². The predicted octanol–water partition coefficient (Wildman–Crippen LogP) is 1.47. The second-order valence-electron chi connectivity index (χ2n) is 4.74. The SMILES string of the molecule is CN(C)C1CCN(C(=O)c2ccccc2N)C1.Cl. The summed E-state index contributed by atoms with van der Waals surface area (Å²) in [5.41, 5.74) is 7.00. The van der Waals surface area contributed by atoms with Gasteiger partial charge in [0, 0.05) is 24.8 Å². The minimum Gasteiger partial charge on any atom is -0.398 e. The van der Waals surface area contributed by atoms with Gasteiger partial charge in [-0.25, -0.2) is 0 Å². The van der Waals surface area contributed by atoms with Crippen LogP contribution in [0.15, 0.2) is 24.3 Å². The number of likely N-dealkylation sites (tertiary alicyclic amines) is 1. The van der Waals surface area contributed by atoms with Crippen molar-refractivity contribution in [3.63, 3.8) is 0 Å². The molecule has 1 atom stereocenters. The normalized spacial score (nSPS) is 18.8. The number of amides is 1. The van der Waals surface area contributed by atoms with E-state index in [2.05, 4.69) is 19.0 Å². The standard InChI is InChI=1S/C13H19N3O.ClH/c1-15(2)10-7-8-16(9-10)13(17)11-5-3-4-6-12(11)14;/h3-6,10H,7-9,14H2,1-2H3;1H. The number of hydrogen-bond donors (Lipinski definition) is 1. The Kier molecular flexibility index (Phi) is 4.99. The molecule has 1 aromatic carbocycles. The molecule has 1 aliphatic rings. The van der Waals surface area contributed by atoms with Gasteiger partial charge in [0.1, 0.15) is 0 Å². The van der Waals surface area contributed by atoms with Crippen LogP contribution in [-0.2, 0) is 0 Å². The summed E-state index contributed by atoms with van der Waals surface area (Å²) in [5, 5.41) is 0. The lowest BCUT2D eigenvalue weighted by atomic mass is 10.1. The van der Waals surface area contributed by atoms with Crippen molar-refractivity contribution in [2.45, 2.75) is 12.5 Å². The van der Waals surface area contributed by atoms with E-state index in [4.69, 9.17) is 5.73 Å². The maximum Gasteiger partial charge on any atom is 0.255 e. The first kappa shape index (κ1) is 14.8. The number of benzene rings is 1. The molecule has 1 fully saturated rings. The molecule has 0 aromatic heterocycles. The Bertz CT molecular complexity index is 422. The van der Waals surface area contributed by atoms with Crippen LogP contribution < -0.4 is 5.73 Å². The molecule has 0 bridgehead atoms. The van der Waals surface area contributed by atoms with Gasteiger partial charge in [-0.1, -0.05) is 12.1 Å². The summed E-state index contributed by atoms with van der Waals surface area (Å²) < 4.78 is 0. The summed E-state index contributed by atoms with van der Waals surface area (Å²) in [6, 6.07) is 7.72. The van der Waals surface area contributed by atoms with Gasteiger partial charge in [0.15, 0.2) is 0 Å². The molecule has 0 spiro atoms. The van der Waals surface area contributed by atoms with Gasteiger partial charge in [0.05, 0.1) is 5.56 Å². The van der Waals surface area contributed by atoms with Gasteiger partial charge in [0.2, 0.25) is 0 Å². The minimum atomic E-state index is 0. The van der Waals surface area contributed by atoms with E-state index >= 15 is 0 Å². The molecule has 1 saturated heterocycles. The fourth-order valence-electron chi connectivity index (χ4n) is 2.21. The van der Waals surface area contributed by atoms with Gasteiger partial charge >= 0.3 is 0 Å². The van der Waals surface area contributed by atoms with E-state index in [1.54, 1.807) is 12.1 Å². The van der Waals surface area contributed by atoms with E-state index in [0.29, 0.717) is 17.3 Å². The van der Waals surface area contributed by atoms with Gasteiger partial charge in [-0.05, 0) is 32.6 Å². The van der Waals surface area contributed by atoms with Crippen LogP contribution in [0.5, 0.6) is 0 Å². The number of carbonyl (C=O) groups is 1. The third-order valence-electron chi connectivity index (χ3n) is 3.37. The summed E-state index contributed by atoms with van der Waals surface area (Å²) in [6.45, 7) is 1.61. The Hall–Kier alpha value is -1.26. The van der Waals surface area contributed by atoms with Gasteiger partial charge in [-0.2, -0.15) is 0 Å². The molecule has 4 nitrogen and oxygen atoms in total. The highest BCUT2D eigenvalue weighted by Crippen LogP contribution is 2.19. The number of nitrogen functional groups attached to an aromatic ring is 1. The number of rotatable bonds is 2. The number of para-hydroxylation sites is 1. The predicted molar refractivity (Wildman–Crippen MR) is 76.1 cm³/mol. The van der Waals surface area contributed by atoms with Crippen molar-refractivity contribution in [2.24, 2.45) is 0 Å². The molecular weight excluding hydrogens is 250 g/mol. The fourth-order valence-corrected chi connectivity index (χ4v) is 2.21. The quantitative estimate of drug-likeness (QED) is 0.827. The number of nitrogens with two attached hydrogens (primary N) is 1. The molecule has 0 saturated carbocycles. The Morgan fingerprint density at radius 1 is 1.39 bits per heavy atom. The molecule has 5 heteroatoms. The first-order valence-corrected chi connectivity index (χ1v) is 5.90. The van der Waals surface area contributed by atoms with E-state index < -0.39 is 0 Å². The van der Waals surface area contributed by atoms with Crippen LogP contribution in [0.25, 0.3) is 0 Å². The molecule has 18 heavy (non-hydrogen) atoms. The molecule has 0 radical (unpaired) electrons.